The molecule has 1 fully saturated rings. The summed E-state index contributed by atoms with van der Waals surface area (Å²) < 4.78 is 14.8. The van der Waals surface area contributed by atoms with E-state index in [1.54, 1.807) is 26.6 Å². The molecule has 9 heteroatoms. The Hall–Kier alpha value is -3.62. The topological polar surface area (TPSA) is 84.2 Å². The molecule has 0 aliphatic carbocycles. The molecular formula is C25H29FN6O2. The van der Waals surface area contributed by atoms with Gasteiger partial charge in [0.1, 0.15) is 5.82 Å². The Balaban J connectivity index is 1.37. The quantitative estimate of drug-likeness (QED) is 0.579. The van der Waals surface area contributed by atoms with E-state index in [-0.39, 0.29) is 30.5 Å². The van der Waals surface area contributed by atoms with Crippen LogP contribution in [0.5, 0.6) is 0 Å². The van der Waals surface area contributed by atoms with E-state index < -0.39 is 0 Å². The second-order valence-electron chi connectivity index (χ2n) is 8.75. The van der Waals surface area contributed by atoms with Crippen LogP contribution in [-0.2, 0) is 22.4 Å². The Morgan fingerprint density at radius 2 is 1.38 bits per heavy atom. The van der Waals surface area contributed by atoms with E-state index in [4.69, 9.17) is 0 Å². The van der Waals surface area contributed by atoms with Crippen LogP contribution in [0.4, 0.5) is 4.39 Å². The normalized spacial score (nSPS) is 13.9. The standard InChI is InChI=1S/C25H29FN6O2/c1-16-13-17(2)28-25(27-16)32-19(4)22(18(3)29-32)15-24(34)31-11-9-30(10-12-31)23(33)14-20-5-7-21(26)8-6-20/h5-8,13H,9-12,14-15H2,1-4H3. The molecule has 34 heavy (non-hydrogen) atoms. The van der Waals surface area contributed by atoms with Crippen molar-refractivity contribution in [3.8, 4) is 5.95 Å². The zero-order valence-corrected chi connectivity index (χ0v) is 20.0. The Labute approximate surface area is 198 Å². The zero-order chi connectivity index (χ0) is 24.4. The van der Waals surface area contributed by atoms with Crippen molar-refractivity contribution in [2.45, 2.75) is 40.5 Å². The summed E-state index contributed by atoms with van der Waals surface area (Å²) in [5, 5.41) is 4.59. The number of hydrogen-bond acceptors (Lipinski definition) is 5. The van der Waals surface area contributed by atoms with Crippen molar-refractivity contribution in [3.05, 3.63) is 70.1 Å². The number of aromatic nitrogens is 4. The number of piperazine rings is 1. The van der Waals surface area contributed by atoms with E-state index >= 15 is 0 Å². The lowest BCUT2D eigenvalue weighted by molar-refractivity contribution is -0.138. The van der Waals surface area contributed by atoms with Crippen molar-refractivity contribution in [1.29, 1.82) is 0 Å². The first-order chi connectivity index (χ1) is 16.2. The van der Waals surface area contributed by atoms with Gasteiger partial charge in [-0.15, -0.1) is 0 Å². The minimum atomic E-state index is -0.319. The van der Waals surface area contributed by atoms with Gasteiger partial charge < -0.3 is 9.80 Å². The average Bonchev–Trinajstić information content (AvgIpc) is 3.08. The monoisotopic (exact) mass is 464 g/mol. The summed E-state index contributed by atoms with van der Waals surface area (Å²) in [6, 6.07) is 7.88. The van der Waals surface area contributed by atoms with Gasteiger partial charge in [-0.05, 0) is 51.5 Å². The molecule has 2 amide bonds. The molecule has 0 N–H and O–H groups in total. The summed E-state index contributed by atoms with van der Waals surface area (Å²) in [4.78, 5) is 38.2. The number of amides is 2. The van der Waals surface area contributed by atoms with Gasteiger partial charge in [0.05, 0.1) is 18.5 Å². The third kappa shape index (κ3) is 5.13. The van der Waals surface area contributed by atoms with Crippen LogP contribution in [0.2, 0.25) is 0 Å². The highest BCUT2D eigenvalue weighted by Gasteiger charge is 2.26. The number of carbonyl (C=O) groups excluding carboxylic acids is 2. The second-order valence-corrected chi connectivity index (χ2v) is 8.75. The van der Waals surface area contributed by atoms with E-state index in [0.29, 0.717) is 32.1 Å². The highest BCUT2D eigenvalue weighted by Crippen LogP contribution is 2.19. The number of nitrogens with zero attached hydrogens (tertiary/aromatic N) is 6. The van der Waals surface area contributed by atoms with Crippen LogP contribution in [0.15, 0.2) is 30.3 Å². The molecule has 1 aromatic carbocycles. The van der Waals surface area contributed by atoms with Crippen molar-refractivity contribution in [3.63, 3.8) is 0 Å². The fourth-order valence-corrected chi connectivity index (χ4v) is 4.28. The molecule has 3 heterocycles. The third-order valence-corrected chi connectivity index (χ3v) is 6.18. The van der Waals surface area contributed by atoms with Crippen LogP contribution in [0.3, 0.4) is 0 Å². The third-order valence-electron chi connectivity index (χ3n) is 6.18. The summed E-state index contributed by atoms with van der Waals surface area (Å²) in [7, 11) is 0. The molecule has 0 spiro atoms. The van der Waals surface area contributed by atoms with Gasteiger partial charge in [0.2, 0.25) is 11.8 Å². The largest absolute Gasteiger partial charge is 0.339 e. The number of hydrogen-bond donors (Lipinski definition) is 0. The fourth-order valence-electron chi connectivity index (χ4n) is 4.28. The van der Waals surface area contributed by atoms with Crippen molar-refractivity contribution in [1.82, 2.24) is 29.5 Å². The Morgan fingerprint density at radius 3 is 1.94 bits per heavy atom. The lowest BCUT2D eigenvalue weighted by Gasteiger charge is -2.35. The molecule has 1 saturated heterocycles. The van der Waals surface area contributed by atoms with Crippen molar-refractivity contribution < 1.29 is 14.0 Å². The van der Waals surface area contributed by atoms with Gasteiger partial charge in [-0.2, -0.15) is 5.10 Å². The minimum absolute atomic E-state index is 0.0118. The molecule has 0 atom stereocenters. The molecule has 0 bridgehead atoms. The van der Waals surface area contributed by atoms with Crippen LogP contribution >= 0.6 is 0 Å². The summed E-state index contributed by atoms with van der Waals surface area (Å²) in [5.74, 6) is 0.184. The molecule has 2 aromatic heterocycles. The molecule has 1 aliphatic rings. The molecule has 1 aliphatic heterocycles. The molecule has 3 aromatic rings. The number of halogens is 1. The van der Waals surface area contributed by atoms with Gasteiger partial charge in [-0.3, -0.25) is 9.59 Å². The first kappa shape index (κ1) is 23.5. The minimum Gasteiger partial charge on any atom is -0.339 e. The van der Waals surface area contributed by atoms with Crippen LogP contribution < -0.4 is 0 Å². The maximum absolute atomic E-state index is 13.1. The van der Waals surface area contributed by atoms with Gasteiger partial charge in [0.15, 0.2) is 0 Å². The maximum Gasteiger partial charge on any atom is 0.251 e. The lowest BCUT2D eigenvalue weighted by atomic mass is 10.1. The highest BCUT2D eigenvalue weighted by molar-refractivity contribution is 5.81. The molecule has 0 unspecified atom stereocenters. The predicted molar refractivity (Wildman–Crippen MR) is 125 cm³/mol. The van der Waals surface area contributed by atoms with E-state index in [2.05, 4.69) is 15.1 Å². The van der Waals surface area contributed by atoms with Crippen molar-refractivity contribution >= 4 is 11.8 Å². The van der Waals surface area contributed by atoms with E-state index in [1.165, 1.54) is 12.1 Å². The van der Waals surface area contributed by atoms with Gasteiger partial charge in [0, 0.05) is 48.8 Å². The van der Waals surface area contributed by atoms with Gasteiger partial charge >= 0.3 is 0 Å². The zero-order valence-electron chi connectivity index (χ0n) is 20.0. The first-order valence-corrected chi connectivity index (χ1v) is 11.4. The van der Waals surface area contributed by atoms with Crippen molar-refractivity contribution in [2.24, 2.45) is 0 Å². The van der Waals surface area contributed by atoms with Gasteiger partial charge in [-0.1, -0.05) is 12.1 Å². The van der Waals surface area contributed by atoms with Crippen LogP contribution in [0.25, 0.3) is 5.95 Å². The summed E-state index contributed by atoms with van der Waals surface area (Å²) >= 11 is 0. The molecule has 8 nitrogen and oxygen atoms in total. The summed E-state index contributed by atoms with van der Waals surface area (Å²) in [6.45, 7) is 9.59. The average molecular weight is 465 g/mol. The Kier molecular flexibility index (Phi) is 6.72. The molecule has 178 valence electrons. The lowest BCUT2D eigenvalue weighted by Crippen LogP contribution is -2.51. The van der Waals surface area contributed by atoms with E-state index in [9.17, 15) is 14.0 Å². The van der Waals surface area contributed by atoms with Crippen LogP contribution in [-0.4, -0.2) is 67.5 Å². The Morgan fingerprint density at radius 1 is 0.853 bits per heavy atom. The number of benzene rings is 1. The molecule has 0 saturated carbocycles. The summed E-state index contributed by atoms with van der Waals surface area (Å²) in [5.41, 5.74) is 5.01. The van der Waals surface area contributed by atoms with Crippen molar-refractivity contribution in [2.75, 3.05) is 26.2 Å². The SMILES string of the molecule is Cc1cc(C)nc(-n2nc(C)c(CC(=O)N3CCN(C(=O)Cc4ccc(F)cc4)CC3)c2C)n1. The molecular weight excluding hydrogens is 435 g/mol. The number of rotatable bonds is 5. The number of carbonyl (C=O) groups is 2. The smallest absolute Gasteiger partial charge is 0.251 e. The number of aryl methyl sites for hydroxylation is 3. The fraction of sp³-hybridized carbons (Fsp3) is 0.400. The Bertz CT molecular complexity index is 1190. The van der Waals surface area contributed by atoms with Gasteiger partial charge in [0.25, 0.3) is 5.95 Å². The van der Waals surface area contributed by atoms with Gasteiger partial charge in [-0.25, -0.2) is 19.0 Å². The van der Waals surface area contributed by atoms with Crippen LogP contribution in [0, 0.1) is 33.5 Å². The van der Waals surface area contributed by atoms with E-state index in [0.717, 1.165) is 33.9 Å². The van der Waals surface area contributed by atoms with Crippen LogP contribution in [0.1, 0.15) is 33.9 Å². The second kappa shape index (κ2) is 9.70. The molecule has 0 radical (unpaired) electrons. The highest BCUT2D eigenvalue weighted by atomic mass is 19.1. The summed E-state index contributed by atoms with van der Waals surface area (Å²) in [6.07, 6.45) is 0.471. The first-order valence-electron chi connectivity index (χ1n) is 11.4. The maximum atomic E-state index is 13.1. The van der Waals surface area contributed by atoms with E-state index in [1.807, 2.05) is 33.8 Å². The molecule has 4 rings (SSSR count). The predicted octanol–water partition coefficient (Wildman–Crippen LogP) is 2.49.